The van der Waals surface area contributed by atoms with E-state index in [2.05, 4.69) is 15.3 Å². The molecule has 1 aliphatic rings. The zero-order valence-corrected chi connectivity index (χ0v) is 19.4. The van der Waals surface area contributed by atoms with Gasteiger partial charge in [-0.3, -0.25) is 4.79 Å². The topological polar surface area (TPSA) is 95.4 Å². The van der Waals surface area contributed by atoms with Gasteiger partial charge in [-0.25, -0.2) is 14.8 Å². The molecule has 0 radical (unpaired) electrons. The number of rotatable bonds is 5. The number of hydrogen-bond donors (Lipinski definition) is 2. The van der Waals surface area contributed by atoms with Crippen LogP contribution in [-0.2, 0) is 11.0 Å². The molecular formula is C27H21F3N4O3. The Kier molecular flexibility index (Phi) is 6.24. The van der Waals surface area contributed by atoms with Crippen LogP contribution in [0.5, 0.6) is 0 Å². The van der Waals surface area contributed by atoms with Crippen LogP contribution in [0.4, 0.5) is 24.7 Å². The molecule has 0 bridgehead atoms. The van der Waals surface area contributed by atoms with Gasteiger partial charge in [0.25, 0.3) is 5.91 Å². The molecule has 1 aromatic heterocycles. The summed E-state index contributed by atoms with van der Waals surface area (Å²) in [6.45, 7) is 0.388. The SMILES string of the molecule is O=C(O)C1CCCN1C(=O)c1ccc(Nc2nc3ccc(C(F)(F)F)cc3nc2-c2ccccc2)cc1. The Morgan fingerprint density at radius 1 is 0.946 bits per heavy atom. The highest BCUT2D eigenvalue weighted by Crippen LogP contribution is 2.34. The first-order chi connectivity index (χ1) is 17.7. The van der Waals surface area contributed by atoms with Gasteiger partial charge in [0.15, 0.2) is 5.82 Å². The Morgan fingerprint density at radius 2 is 1.68 bits per heavy atom. The first-order valence-corrected chi connectivity index (χ1v) is 11.6. The summed E-state index contributed by atoms with van der Waals surface area (Å²) < 4.78 is 39.7. The van der Waals surface area contributed by atoms with Gasteiger partial charge in [0.05, 0.1) is 16.6 Å². The summed E-state index contributed by atoms with van der Waals surface area (Å²) >= 11 is 0. The van der Waals surface area contributed by atoms with E-state index in [0.29, 0.717) is 47.7 Å². The number of carbonyl (C=O) groups is 2. The maximum absolute atomic E-state index is 13.2. The van der Waals surface area contributed by atoms with Gasteiger partial charge >= 0.3 is 12.1 Å². The molecule has 0 spiro atoms. The van der Waals surface area contributed by atoms with E-state index in [0.717, 1.165) is 12.1 Å². The monoisotopic (exact) mass is 506 g/mol. The van der Waals surface area contributed by atoms with Crippen molar-refractivity contribution in [2.45, 2.75) is 25.1 Å². The van der Waals surface area contributed by atoms with Gasteiger partial charge in [0, 0.05) is 23.4 Å². The number of carbonyl (C=O) groups excluding carboxylic acids is 1. The molecule has 7 nitrogen and oxygen atoms in total. The van der Waals surface area contributed by atoms with Gasteiger partial charge in [-0.2, -0.15) is 13.2 Å². The average Bonchev–Trinajstić information content (AvgIpc) is 3.39. The summed E-state index contributed by atoms with van der Waals surface area (Å²) in [4.78, 5) is 34.7. The number of nitrogens with one attached hydrogen (secondary N) is 1. The smallest absolute Gasteiger partial charge is 0.416 e. The molecule has 2 heterocycles. The quantitative estimate of drug-likeness (QED) is 0.358. The van der Waals surface area contributed by atoms with E-state index in [4.69, 9.17) is 0 Å². The fourth-order valence-corrected chi connectivity index (χ4v) is 4.38. The number of carboxylic acid groups (broad SMARTS) is 1. The number of halogens is 3. The molecule has 1 atom stereocenters. The number of fused-ring (bicyclic) bond motifs is 1. The van der Waals surface area contributed by atoms with Crippen LogP contribution in [0.15, 0.2) is 72.8 Å². The highest BCUT2D eigenvalue weighted by molar-refractivity contribution is 5.97. The molecule has 1 fully saturated rings. The van der Waals surface area contributed by atoms with Gasteiger partial charge in [-0.05, 0) is 55.3 Å². The molecule has 1 saturated heterocycles. The summed E-state index contributed by atoms with van der Waals surface area (Å²) in [5.74, 6) is -1.04. The van der Waals surface area contributed by atoms with E-state index in [1.807, 2.05) is 6.07 Å². The fourth-order valence-electron chi connectivity index (χ4n) is 4.38. The van der Waals surface area contributed by atoms with E-state index in [9.17, 15) is 27.9 Å². The number of anilines is 2. The largest absolute Gasteiger partial charge is 0.480 e. The van der Waals surface area contributed by atoms with Crippen LogP contribution in [0.1, 0.15) is 28.8 Å². The molecule has 1 amide bonds. The lowest BCUT2D eigenvalue weighted by molar-refractivity contribution is -0.141. The maximum Gasteiger partial charge on any atom is 0.416 e. The Labute approximate surface area is 209 Å². The molecule has 4 aromatic rings. The van der Waals surface area contributed by atoms with Crippen molar-refractivity contribution in [3.63, 3.8) is 0 Å². The second-order valence-electron chi connectivity index (χ2n) is 8.69. The van der Waals surface area contributed by atoms with Crippen molar-refractivity contribution in [3.8, 4) is 11.3 Å². The van der Waals surface area contributed by atoms with E-state index < -0.39 is 23.8 Å². The molecular weight excluding hydrogens is 485 g/mol. The highest BCUT2D eigenvalue weighted by Gasteiger charge is 2.34. The number of aliphatic carboxylic acids is 1. The standard InChI is InChI=1S/C27H21F3N4O3/c28-27(29,30)18-10-13-20-21(15-18)32-23(16-5-2-1-3-6-16)24(33-20)31-19-11-8-17(9-12-19)25(35)34-14-4-7-22(34)26(36)37/h1-3,5-6,8-13,15,22H,4,7,14H2,(H,31,33)(H,36,37). The first kappa shape index (κ1) is 24.2. The molecule has 37 heavy (non-hydrogen) atoms. The fraction of sp³-hybridized carbons (Fsp3) is 0.185. The number of aromatic nitrogens is 2. The molecule has 3 aromatic carbocycles. The van der Waals surface area contributed by atoms with Gasteiger partial charge < -0.3 is 15.3 Å². The Balaban J connectivity index is 1.47. The van der Waals surface area contributed by atoms with Crippen LogP contribution < -0.4 is 5.32 Å². The van der Waals surface area contributed by atoms with Crippen molar-refractivity contribution in [1.82, 2.24) is 14.9 Å². The second-order valence-corrected chi connectivity index (χ2v) is 8.69. The summed E-state index contributed by atoms with van der Waals surface area (Å²) in [6.07, 6.45) is -3.44. The van der Waals surface area contributed by atoms with Crippen molar-refractivity contribution in [3.05, 3.63) is 83.9 Å². The first-order valence-electron chi connectivity index (χ1n) is 11.6. The molecule has 1 unspecified atom stereocenters. The lowest BCUT2D eigenvalue weighted by atomic mass is 10.1. The minimum absolute atomic E-state index is 0.110. The average molecular weight is 506 g/mol. The Bertz CT molecular complexity index is 1470. The summed E-state index contributed by atoms with van der Waals surface area (Å²) in [5, 5.41) is 12.5. The van der Waals surface area contributed by atoms with E-state index in [1.54, 1.807) is 48.5 Å². The van der Waals surface area contributed by atoms with E-state index in [1.165, 1.54) is 11.0 Å². The minimum atomic E-state index is -4.50. The number of nitrogens with zero attached hydrogens (tertiary/aromatic N) is 3. The third-order valence-electron chi connectivity index (χ3n) is 6.23. The van der Waals surface area contributed by atoms with Gasteiger partial charge in [-0.15, -0.1) is 0 Å². The Hall–Kier alpha value is -4.47. The molecule has 5 rings (SSSR count). The van der Waals surface area contributed by atoms with Crippen LogP contribution in [-0.4, -0.2) is 44.4 Å². The number of alkyl halides is 3. The molecule has 1 aliphatic heterocycles. The zero-order chi connectivity index (χ0) is 26.2. The number of hydrogen-bond acceptors (Lipinski definition) is 5. The minimum Gasteiger partial charge on any atom is -0.480 e. The molecule has 0 saturated carbocycles. The van der Waals surface area contributed by atoms with Crippen LogP contribution >= 0.6 is 0 Å². The lowest BCUT2D eigenvalue weighted by Gasteiger charge is -2.21. The summed E-state index contributed by atoms with van der Waals surface area (Å²) in [7, 11) is 0. The predicted octanol–water partition coefficient (Wildman–Crippen LogP) is 5.75. The zero-order valence-electron chi connectivity index (χ0n) is 19.4. The second kappa shape index (κ2) is 9.53. The van der Waals surface area contributed by atoms with E-state index in [-0.39, 0.29) is 16.9 Å². The predicted molar refractivity (Wildman–Crippen MR) is 131 cm³/mol. The van der Waals surface area contributed by atoms with Crippen molar-refractivity contribution in [2.24, 2.45) is 0 Å². The van der Waals surface area contributed by atoms with Crippen LogP contribution in [0.3, 0.4) is 0 Å². The number of amides is 1. The van der Waals surface area contributed by atoms with Crippen molar-refractivity contribution >= 4 is 34.4 Å². The number of carboxylic acids is 1. The van der Waals surface area contributed by atoms with Gasteiger partial charge in [0.2, 0.25) is 0 Å². The maximum atomic E-state index is 13.2. The summed E-state index contributed by atoms with van der Waals surface area (Å²) in [6, 6.07) is 17.9. The van der Waals surface area contributed by atoms with Gasteiger partial charge in [-0.1, -0.05) is 30.3 Å². The molecule has 10 heteroatoms. The van der Waals surface area contributed by atoms with Crippen LogP contribution in [0.25, 0.3) is 22.3 Å². The normalized spacial score (nSPS) is 15.6. The molecule has 0 aliphatic carbocycles. The number of benzene rings is 3. The van der Waals surface area contributed by atoms with E-state index >= 15 is 0 Å². The highest BCUT2D eigenvalue weighted by atomic mass is 19.4. The third-order valence-corrected chi connectivity index (χ3v) is 6.23. The third kappa shape index (κ3) is 4.95. The summed E-state index contributed by atoms with van der Waals surface area (Å²) in [5.41, 5.74) is 1.55. The molecule has 188 valence electrons. The van der Waals surface area contributed by atoms with Gasteiger partial charge in [0.1, 0.15) is 11.7 Å². The van der Waals surface area contributed by atoms with Crippen LogP contribution in [0, 0.1) is 0 Å². The van der Waals surface area contributed by atoms with Crippen molar-refractivity contribution in [1.29, 1.82) is 0 Å². The molecule has 2 N–H and O–H groups in total. The Morgan fingerprint density at radius 3 is 2.35 bits per heavy atom. The van der Waals surface area contributed by atoms with Crippen molar-refractivity contribution < 1.29 is 27.9 Å². The lowest BCUT2D eigenvalue weighted by Crippen LogP contribution is -2.40. The number of likely N-dealkylation sites (tertiary alicyclic amines) is 1. The van der Waals surface area contributed by atoms with Crippen LogP contribution in [0.2, 0.25) is 0 Å². The van der Waals surface area contributed by atoms with Crippen molar-refractivity contribution in [2.75, 3.05) is 11.9 Å².